The molecule has 0 aromatic carbocycles. The Morgan fingerprint density at radius 1 is 0.644 bits per heavy atom. The predicted octanol–water partition coefficient (Wildman–Crippen LogP) is 11.4. The number of allylic oxidation sites excluding steroid dienone is 11. The molecule has 10 nitrogen and oxygen atoms in total. The van der Waals surface area contributed by atoms with Crippen molar-refractivity contribution in [3.05, 3.63) is 72.9 Å². The molecule has 340 valence electrons. The van der Waals surface area contributed by atoms with Gasteiger partial charge < -0.3 is 33.0 Å². The molecule has 0 bridgehead atoms. The third kappa shape index (κ3) is 43.3. The van der Waals surface area contributed by atoms with Crippen molar-refractivity contribution in [3.63, 3.8) is 0 Å². The van der Waals surface area contributed by atoms with Crippen molar-refractivity contribution in [3.8, 4) is 0 Å². The van der Waals surface area contributed by atoms with Gasteiger partial charge in [0.1, 0.15) is 19.8 Å². The molecule has 0 saturated heterocycles. The quantitative estimate of drug-likeness (QED) is 0.0160. The van der Waals surface area contributed by atoms with Crippen molar-refractivity contribution in [2.75, 3.05) is 47.5 Å². The van der Waals surface area contributed by atoms with E-state index in [0.717, 1.165) is 51.4 Å². The Hall–Kier alpha value is -2.59. The molecule has 0 spiro atoms. The molecule has 0 rings (SSSR count). The minimum absolute atomic E-state index is 0.0422. The minimum Gasteiger partial charge on any atom is -0.756 e. The van der Waals surface area contributed by atoms with E-state index in [9.17, 15) is 24.2 Å². The molecule has 0 aliphatic heterocycles. The Morgan fingerprint density at radius 2 is 1.19 bits per heavy atom. The second kappa shape index (κ2) is 39.5. The van der Waals surface area contributed by atoms with Crippen LogP contribution in [0.25, 0.3) is 0 Å². The summed E-state index contributed by atoms with van der Waals surface area (Å²) in [5.74, 6) is -1.05. The van der Waals surface area contributed by atoms with Crippen LogP contribution in [-0.2, 0) is 32.7 Å². The lowest BCUT2D eigenvalue weighted by atomic mass is 10.1. The van der Waals surface area contributed by atoms with E-state index in [-0.39, 0.29) is 26.1 Å². The first-order chi connectivity index (χ1) is 28.4. The van der Waals surface area contributed by atoms with Gasteiger partial charge in [-0.1, -0.05) is 151 Å². The summed E-state index contributed by atoms with van der Waals surface area (Å²) in [6.07, 6.45) is 45.3. The molecule has 0 aliphatic rings. The van der Waals surface area contributed by atoms with E-state index < -0.39 is 38.6 Å². The van der Waals surface area contributed by atoms with Crippen molar-refractivity contribution in [2.24, 2.45) is 0 Å². The summed E-state index contributed by atoms with van der Waals surface area (Å²) in [7, 11) is 1.05. The van der Waals surface area contributed by atoms with Gasteiger partial charge >= 0.3 is 11.9 Å². The first-order valence-corrected chi connectivity index (χ1v) is 24.2. The molecule has 0 radical (unpaired) electrons. The molecular weight excluding hydrogens is 765 g/mol. The summed E-state index contributed by atoms with van der Waals surface area (Å²) in [6.45, 7) is 3.87. The number of phosphoric acid groups is 1. The van der Waals surface area contributed by atoms with Gasteiger partial charge in [0.2, 0.25) is 0 Å². The summed E-state index contributed by atoms with van der Waals surface area (Å²) in [6, 6.07) is 0. The molecule has 3 atom stereocenters. The van der Waals surface area contributed by atoms with Gasteiger partial charge in [-0.3, -0.25) is 14.2 Å². The van der Waals surface area contributed by atoms with E-state index in [1.807, 2.05) is 33.3 Å². The fourth-order valence-electron chi connectivity index (χ4n) is 5.74. The van der Waals surface area contributed by atoms with Crippen LogP contribution in [0, 0.1) is 0 Å². The molecule has 0 aromatic heterocycles. The van der Waals surface area contributed by atoms with Gasteiger partial charge in [0.05, 0.1) is 33.9 Å². The SMILES string of the molecule is CC/C=C\C/C=C\C/C=C\C/C=C\C=C\C(O)CCCC(=O)OC[C@H](COP(=O)([O-])OCC[N+](C)(C)C)OC(=O)CCCCCCCCC/C=C\CCCCCCCC. The van der Waals surface area contributed by atoms with E-state index in [4.69, 9.17) is 18.5 Å². The smallest absolute Gasteiger partial charge is 0.306 e. The maximum absolute atomic E-state index is 12.7. The van der Waals surface area contributed by atoms with E-state index in [1.54, 1.807) is 12.2 Å². The fourth-order valence-corrected chi connectivity index (χ4v) is 6.46. The van der Waals surface area contributed by atoms with Crippen LogP contribution in [0.4, 0.5) is 0 Å². The third-order valence-electron chi connectivity index (χ3n) is 9.31. The number of ether oxygens (including phenoxy) is 2. The number of rotatable bonds is 40. The Labute approximate surface area is 360 Å². The van der Waals surface area contributed by atoms with Gasteiger partial charge in [-0.05, 0) is 70.6 Å². The number of aliphatic hydroxyl groups is 1. The molecule has 0 aliphatic carbocycles. The normalized spacial score (nSPS) is 14.8. The summed E-state index contributed by atoms with van der Waals surface area (Å²) >= 11 is 0. The van der Waals surface area contributed by atoms with E-state index in [1.165, 1.54) is 64.2 Å². The van der Waals surface area contributed by atoms with Crippen LogP contribution in [0.5, 0.6) is 0 Å². The number of aliphatic hydroxyl groups excluding tert-OH is 1. The minimum atomic E-state index is -4.68. The maximum Gasteiger partial charge on any atom is 0.306 e. The highest BCUT2D eigenvalue weighted by atomic mass is 31.2. The topological polar surface area (TPSA) is 131 Å². The van der Waals surface area contributed by atoms with E-state index in [0.29, 0.717) is 30.3 Å². The number of unbranched alkanes of at least 4 members (excludes halogenated alkanes) is 13. The number of quaternary nitrogens is 1. The number of hydrogen-bond donors (Lipinski definition) is 1. The Balaban J connectivity index is 4.54. The Morgan fingerprint density at radius 3 is 1.78 bits per heavy atom. The van der Waals surface area contributed by atoms with Crippen LogP contribution in [0.1, 0.15) is 162 Å². The van der Waals surface area contributed by atoms with Gasteiger partial charge in [-0.2, -0.15) is 0 Å². The molecule has 0 heterocycles. The summed E-state index contributed by atoms with van der Waals surface area (Å²) in [5, 5.41) is 10.3. The van der Waals surface area contributed by atoms with Crippen LogP contribution in [-0.4, -0.2) is 81.2 Å². The molecule has 0 amide bonds. The van der Waals surface area contributed by atoms with Gasteiger partial charge in [0.25, 0.3) is 7.82 Å². The van der Waals surface area contributed by atoms with Crippen LogP contribution in [0.3, 0.4) is 0 Å². The Kier molecular flexibility index (Phi) is 37.8. The fraction of sp³-hybridized carbons (Fsp3) is 0.708. The average Bonchev–Trinajstić information content (AvgIpc) is 3.18. The van der Waals surface area contributed by atoms with Crippen molar-refractivity contribution in [1.82, 2.24) is 0 Å². The van der Waals surface area contributed by atoms with Crippen molar-refractivity contribution < 1.29 is 47.2 Å². The lowest BCUT2D eigenvalue weighted by molar-refractivity contribution is -0.870. The van der Waals surface area contributed by atoms with Crippen LogP contribution in [0.2, 0.25) is 0 Å². The number of likely N-dealkylation sites (N-methyl/N-ethyl adjacent to an activating group) is 1. The largest absolute Gasteiger partial charge is 0.756 e. The zero-order chi connectivity index (χ0) is 43.7. The highest BCUT2D eigenvalue weighted by Crippen LogP contribution is 2.38. The van der Waals surface area contributed by atoms with Crippen LogP contribution >= 0.6 is 7.82 Å². The van der Waals surface area contributed by atoms with Crippen molar-refractivity contribution >= 4 is 19.8 Å². The molecule has 0 saturated carbocycles. The Bertz CT molecular complexity index is 1250. The lowest BCUT2D eigenvalue weighted by Crippen LogP contribution is -2.37. The second-order valence-electron chi connectivity index (χ2n) is 16.2. The summed E-state index contributed by atoms with van der Waals surface area (Å²) < 4.78 is 33.8. The third-order valence-corrected chi connectivity index (χ3v) is 10.3. The number of esters is 2. The monoisotopic (exact) mass is 850 g/mol. The molecule has 59 heavy (non-hydrogen) atoms. The molecule has 1 N–H and O–H groups in total. The van der Waals surface area contributed by atoms with Crippen LogP contribution < -0.4 is 4.89 Å². The number of carbonyl (C=O) groups excluding carboxylic acids is 2. The number of carbonyl (C=O) groups is 2. The summed E-state index contributed by atoms with van der Waals surface area (Å²) in [5.41, 5.74) is 0. The summed E-state index contributed by atoms with van der Waals surface area (Å²) in [4.78, 5) is 37.6. The van der Waals surface area contributed by atoms with Crippen molar-refractivity contribution in [1.29, 1.82) is 0 Å². The highest BCUT2D eigenvalue weighted by Gasteiger charge is 2.22. The van der Waals surface area contributed by atoms with Gasteiger partial charge in [-0.25, -0.2) is 0 Å². The predicted molar refractivity (Wildman–Crippen MR) is 242 cm³/mol. The maximum atomic E-state index is 12.7. The second-order valence-corrected chi connectivity index (χ2v) is 17.6. The van der Waals surface area contributed by atoms with E-state index >= 15 is 0 Å². The zero-order valence-corrected chi connectivity index (χ0v) is 38.7. The first kappa shape index (κ1) is 56.4. The highest BCUT2D eigenvalue weighted by molar-refractivity contribution is 7.45. The van der Waals surface area contributed by atoms with Crippen molar-refractivity contribution in [2.45, 2.75) is 174 Å². The number of nitrogens with zero attached hydrogens (tertiary/aromatic N) is 1. The van der Waals surface area contributed by atoms with Crippen LogP contribution in [0.15, 0.2) is 72.9 Å². The number of hydrogen-bond acceptors (Lipinski definition) is 9. The molecule has 0 fully saturated rings. The standard InChI is InChI=1S/C48H84NO9P/c1-6-8-10-12-14-16-18-20-21-22-23-25-27-29-31-33-35-39-48(52)58-46(44-57-59(53,54)56-42-41-49(3,4)5)43-55-47(51)40-36-38-45(50)37-34-32-30-28-26-24-19-17-15-13-11-9-7-2/h9,11,15,17,20-21,24,26,30,32,34,37,45-46,50H,6-8,10,12-14,16,18-19,22-23,25,27-29,31,33,35-36,38-44H2,1-5H3/b11-9-,17-15-,21-20-,26-24-,32-30-,37-34+/t45?,46-/m1/s1. The molecular formula is C48H84NO9P. The molecule has 2 unspecified atom stereocenters. The molecule has 11 heteroatoms. The zero-order valence-electron chi connectivity index (χ0n) is 37.8. The average molecular weight is 850 g/mol. The van der Waals surface area contributed by atoms with Gasteiger partial charge in [0, 0.05) is 12.8 Å². The first-order valence-electron chi connectivity index (χ1n) is 22.8. The van der Waals surface area contributed by atoms with E-state index in [2.05, 4.69) is 62.5 Å². The van der Waals surface area contributed by atoms with Gasteiger partial charge in [-0.15, -0.1) is 0 Å². The lowest BCUT2D eigenvalue weighted by Gasteiger charge is -2.28. The van der Waals surface area contributed by atoms with Gasteiger partial charge in [0.15, 0.2) is 6.10 Å². The molecule has 0 aromatic rings. The number of phosphoric ester groups is 1.